The van der Waals surface area contributed by atoms with Gasteiger partial charge in [-0.25, -0.2) is 0 Å². The van der Waals surface area contributed by atoms with Gasteiger partial charge < -0.3 is 10.1 Å². The van der Waals surface area contributed by atoms with Crippen LogP contribution in [-0.2, 0) is 4.74 Å². The molecule has 0 fully saturated rings. The minimum atomic E-state index is 0.352. The van der Waals surface area contributed by atoms with Crippen LogP contribution in [0.5, 0.6) is 0 Å². The second-order valence-electron chi connectivity index (χ2n) is 4.07. The summed E-state index contributed by atoms with van der Waals surface area (Å²) >= 11 is 0. The van der Waals surface area contributed by atoms with Gasteiger partial charge in [-0.05, 0) is 32.2 Å². The summed E-state index contributed by atoms with van der Waals surface area (Å²) in [5.74, 6) is 0.746. The highest BCUT2D eigenvalue weighted by molar-refractivity contribution is 4.55. The minimum Gasteiger partial charge on any atom is -0.377 e. The summed E-state index contributed by atoms with van der Waals surface area (Å²) < 4.78 is 5.64. The van der Waals surface area contributed by atoms with E-state index in [1.165, 1.54) is 6.42 Å². The predicted octanol–water partition coefficient (Wildman–Crippen LogP) is 2.44. The van der Waals surface area contributed by atoms with Crippen molar-refractivity contribution in [2.75, 3.05) is 19.7 Å². The molecule has 0 aliphatic rings. The highest BCUT2D eigenvalue weighted by atomic mass is 16.5. The SMILES string of the molecule is CCCNCC(C)OCCC(C)C. The van der Waals surface area contributed by atoms with Gasteiger partial charge in [0.1, 0.15) is 0 Å². The molecule has 1 unspecified atom stereocenters. The lowest BCUT2D eigenvalue weighted by atomic mass is 10.1. The van der Waals surface area contributed by atoms with Crippen molar-refractivity contribution in [3.8, 4) is 0 Å². The molecule has 0 aromatic carbocycles. The molecule has 0 aliphatic heterocycles. The van der Waals surface area contributed by atoms with Crippen LogP contribution in [0.15, 0.2) is 0 Å². The molecule has 0 spiro atoms. The van der Waals surface area contributed by atoms with E-state index in [1.807, 2.05) is 0 Å². The quantitative estimate of drug-likeness (QED) is 0.589. The zero-order chi connectivity index (χ0) is 10.1. The summed E-state index contributed by atoms with van der Waals surface area (Å²) in [5.41, 5.74) is 0. The third-order valence-electron chi connectivity index (χ3n) is 1.96. The van der Waals surface area contributed by atoms with Crippen LogP contribution in [0.4, 0.5) is 0 Å². The maximum absolute atomic E-state index is 5.64. The van der Waals surface area contributed by atoms with Crippen molar-refractivity contribution in [2.24, 2.45) is 5.92 Å². The molecule has 0 saturated heterocycles. The summed E-state index contributed by atoms with van der Waals surface area (Å²) in [4.78, 5) is 0. The summed E-state index contributed by atoms with van der Waals surface area (Å²) in [7, 11) is 0. The Bertz CT molecular complexity index is 104. The van der Waals surface area contributed by atoms with Gasteiger partial charge in [0.05, 0.1) is 6.10 Å². The summed E-state index contributed by atoms with van der Waals surface area (Å²) in [6, 6.07) is 0. The van der Waals surface area contributed by atoms with Crippen LogP contribution in [0.1, 0.15) is 40.5 Å². The lowest BCUT2D eigenvalue weighted by Crippen LogP contribution is -2.27. The number of hydrogen-bond donors (Lipinski definition) is 1. The van der Waals surface area contributed by atoms with Crippen molar-refractivity contribution in [2.45, 2.75) is 46.6 Å². The first-order chi connectivity index (χ1) is 6.16. The Hall–Kier alpha value is -0.0800. The summed E-state index contributed by atoms with van der Waals surface area (Å²) in [6.07, 6.45) is 2.71. The van der Waals surface area contributed by atoms with E-state index in [9.17, 15) is 0 Å². The first kappa shape index (κ1) is 12.9. The summed E-state index contributed by atoms with van der Waals surface area (Å²) in [6.45, 7) is 11.7. The topological polar surface area (TPSA) is 21.3 Å². The Balaban J connectivity index is 3.15. The fourth-order valence-corrected chi connectivity index (χ4v) is 1.05. The lowest BCUT2D eigenvalue weighted by molar-refractivity contribution is 0.0589. The molecule has 0 saturated carbocycles. The van der Waals surface area contributed by atoms with Crippen LogP contribution in [0.25, 0.3) is 0 Å². The molecule has 0 bridgehead atoms. The molecule has 0 aliphatic carbocycles. The normalized spacial score (nSPS) is 13.6. The molecule has 80 valence electrons. The fourth-order valence-electron chi connectivity index (χ4n) is 1.05. The van der Waals surface area contributed by atoms with Gasteiger partial charge in [-0.3, -0.25) is 0 Å². The molecule has 0 heterocycles. The Labute approximate surface area is 83.1 Å². The number of hydrogen-bond acceptors (Lipinski definition) is 2. The molecule has 2 heteroatoms. The molecular weight excluding hydrogens is 162 g/mol. The third kappa shape index (κ3) is 9.84. The van der Waals surface area contributed by atoms with Gasteiger partial charge in [0, 0.05) is 13.2 Å². The van der Waals surface area contributed by atoms with Crippen LogP contribution in [0, 0.1) is 5.92 Å². The van der Waals surface area contributed by atoms with Crippen molar-refractivity contribution in [1.82, 2.24) is 5.32 Å². The van der Waals surface area contributed by atoms with Gasteiger partial charge in [0.2, 0.25) is 0 Å². The predicted molar refractivity (Wildman–Crippen MR) is 58.0 cm³/mol. The number of ether oxygens (including phenoxy) is 1. The van der Waals surface area contributed by atoms with Crippen LogP contribution < -0.4 is 5.32 Å². The Morgan fingerprint density at radius 2 is 1.92 bits per heavy atom. The second kappa shape index (κ2) is 8.52. The molecule has 0 rings (SSSR count). The van der Waals surface area contributed by atoms with Gasteiger partial charge in [0.25, 0.3) is 0 Å². The van der Waals surface area contributed by atoms with Crippen molar-refractivity contribution < 1.29 is 4.74 Å². The van der Waals surface area contributed by atoms with Crippen molar-refractivity contribution >= 4 is 0 Å². The molecule has 13 heavy (non-hydrogen) atoms. The van der Waals surface area contributed by atoms with Crippen molar-refractivity contribution in [3.05, 3.63) is 0 Å². The van der Waals surface area contributed by atoms with E-state index in [4.69, 9.17) is 4.74 Å². The van der Waals surface area contributed by atoms with Gasteiger partial charge in [-0.15, -0.1) is 0 Å². The monoisotopic (exact) mass is 187 g/mol. The van der Waals surface area contributed by atoms with Gasteiger partial charge in [0.15, 0.2) is 0 Å². The maximum atomic E-state index is 5.64. The van der Waals surface area contributed by atoms with Crippen LogP contribution in [0.2, 0.25) is 0 Å². The van der Waals surface area contributed by atoms with Crippen LogP contribution in [0.3, 0.4) is 0 Å². The number of rotatable bonds is 8. The highest BCUT2D eigenvalue weighted by Gasteiger charge is 2.01. The molecular formula is C11H25NO. The Morgan fingerprint density at radius 3 is 2.46 bits per heavy atom. The largest absolute Gasteiger partial charge is 0.377 e. The van der Waals surface area contributed by atoms with Crippen LogP contribution in [-0.4, -0.2) is 25.8 Å². The molecule has 0 aromatic rings. The number of nitrogens with one attached hydrogen (secondary N) is 1. The fraction of sp³-hybridized carbons (Fsp3) is 1.00. The van der Waals surface area contributed by atoms with E-state index < -0.39 is 0 Å². The molecule has 1 N–H and O–H groups in total. The molecule has 2 nitrogen and oxygen atoms in total. The van der Waals surface area contributed by atoms with Crippen molar-refractivity contribution in [3.63, 3.8) is 0 Å². The van der Waals surface area contributed by atoms with E-state index >= 15 is 0 Å². The zero-order valence-electron chi connectivity index (χ0n) is 9.60. The average molecular weight is 187 g/mol. The molecule has 0 aromatic heterocycles. The minimum absolute atomic E-state index is 0.352. The standard InChI is InChI=1S/C11H25NO/c1-5-7-12-9-11(4)13-8-6-10(2)3/h10-12H,5-9H2,1-4H3. The maximum Gasteiger partial charge on any atom is 0.0671 e. The van der Waals surface area contributed by atoms with Gasteiger partial charge >= 0.3 is 0 Å². The smallest absolute Gasteiger partial charge is 0.0671 e. The molecule has 0 amide bonds. The van der Waals surface area contributed by atoms with Gasteiger partial charge in [-0.1, -0.05) is 20.8 Å². The van der Waals surface area contributed by atoms with E-state index in [1.54, 1.807) is 0 Å². The van der Waals surface area contributed by atoms with E-state index in [-0.39, 0.29) is 0 Å². The zero-order valence-corrected chi connectivity index (χ0v) is 9.60. The first-order valence-electron chi connectivity index (χ1n) is 5.49. The highest BCUT2D eigenvalue weighted by Crippen LogP contribution is 2.00. The van der Waals surface area contributed by atoms with Gasteiger partial charge in [-0.2, -0.15) is 0 Å². The first-order valence-corrected chi connectivity index (χ1v) is 5.49. The van der Waals surface area contributed by atoms with E-state index in [0.717, 1.165) is 32.0 Å². The van der Waals surface area contributed by atoms with E-state index in [0.29, 0.717) is 6.10 Å². The third-order valence-corrected chi connectivity index (χ3v) is 1.96. The van der Waals surface area contributed by atoms with E-state index in [2.05, 4.69) is 33.0 Å². The average Bonchev–Trinajstić information content (AvgIpc) is 2.04. The Morgan fingerprint density at radius 1 is 1.23 bits per heavy atom. The molecule has 1 atom stereocenters. The lowest BCUT2D eigenvalue weighted by Gasteiger charge is -2.14. The van der Waals surface area contributed by atoms with Crippen molar-refractivity contribution in [1.29, 1.82) is 0 Å². The Kier molecular flexibility index (Phi) is 8.46. The van der Waals surface area contributed by atoms with Crippen LogP contribution >= 0.6 is 0 Å². The second-order valence-corrected chi connectivity index (χ2v) is 4.07. The molecule has 0 radical (unpaired) electrons. The summed E-state index contributed by atoms with van der Waals surface area (Å²) in [5, 5.41) is 3.35.